The van der Waals surface area contributed by atoms with Crippen molar-refractivity contribution in [3.63, 3.8) is 0 Å². The summed E-state index contributed by atoms with van der Waals surface area (Å²) < 4.78 is 5.35. The molecule has 1 aliphatic heterocycles. The molecule has 2 aromatic rings. The minimum Gasteiger partial charge on any atom is -0.379 e. The maximum absolute atomic E-state index is 5.35. The highest BCUT2D eigenvalue weighted by Crippen LogP contribution is 2.15. The van der Waals surface area contributed by atoms with Gasteiger partial charge in [0.15, 0.2) is 0 Å². The van der Waals surface area contributed by atoms with Crippen molar-refractivity contribution < 1.29 is 4.74 Å². The number of rotatable bonds is 6. The van der Waals surface area contributed by atoms with Crippen molar-refractivity contribution in [3.05, 3.63) is 42.1 Å². The first-order valence-corrected chi connectivity index (χ1v) is 8.00. The zero-order valence-corrected chi connectivity index (χ0v) is 13.5. The molecule has 0 saturated carbocycles. The Kier molecular flexibility index (Phi) is 5.39. The van der Waals surface area contributed by atoms with Crippen molar-refractivity contribution in [1.82, 2.24) is 14.9 Å². The Bertz CT molecular complexity index is 611. The summed E-state index contributed by atoms with van der Waals surface area (Å²) in [5.41, 5.74) is 2.26. The third kappa shape index (κ3) is 4.91. The number of aromatic nitrogens is 2. The van der Waals surface area contributed by atoms with Crippen LogP contribution in [0.4, 0.5) is 17.5 Å². The van der Waals surface area contributed by atoms with Crippen LogP contribution in [0.3, 0.4) is 0 Å². The molecule has 6 nitrogen and oxygen atoms in total. The molecule has 0 spiro atoms. The van der Waals surface area contributed by atoms with E-state index < -0.39 is 0 Å². The molecule has 0 amide bonds. The lowest BCUT2D eigenvalue weighted by atomic mass is 10.2. The molecular weight excluding hydrogens is 290 g/mol. The van der Waals surface area contributed by atoms with Crippen LogP contribution in [0.5, 0.6) is 0 Å². The van der Waals surface area contributed by atoms with Gasteiger partial charge in [0.25, 0.3) is 0 Å². The van der Waals surface area contributed by atoms with E-state index >= 15 is 0 Å². The lowest BCUT2D eigenvalue weighted by Crippen LogP contribution is -2.39. The monoisotopic (exact) mass is 313 g/mol. The molecule has 23 heavy (non-hydrogen) atoms. The quantitative estimate of drug-likeness (QED) is 0.853. The Morgan fingerprint density at radius 3 is 2.70 bits per heavy atom. The highest BCUT2D eigenvalue weighted by atomic mass is 16.5. The van der Waals surface area contributed by atoms with Gasteiger partial charge in [0.2, 0.25) is 5.95 Å². The highest BCUT2D eigenvalue weighted by molar-refractivity contribution is 5.57. The highest BCUT2D eigenvalue weighted by Gasteiger charge is 2.09. The lowest BCUT2D eigenvalue weighted by molar-refractivity contribution is 0.0398. The van der Waals surface area contributed by atoms with Crippen LogP contribution in [0.2, 0.25) is 0 Å². The van der Waals surface area contributed by atoms with E-state index in [0.717, 1.165) is 50.9 Å². The third-order valence-corrected chi connectivity index (χ3v) is 3.79. The van der Waals surface area contributed by atoms with Gasteiger partial charge in [0.1, 0.15) is 5.82 Å². The summed E-state index contributed by atoms with van der Waals surface area (Å²) in [6.45, 7) is 7.52. The van der Waals surface area contributed by atoms with Crippen LogP contribution in [-0.4, -0.2) is 54.3 Å². The van der Waals surface area contributed by atoms with Gasteiger partial charge in [-0.15, -0.1) is 0 Å². The Morgan fingerprint density at radius 1 is 1.13 bits per heavy atom. The van der Waals surface area contributed by atoms with Gasteiger partial charge in [-0.2, -0.15) is 4.98 Å². The molecule has 2 N–H and O–H groups in total. The average Bonchev–Trinajstić information content (AvgIpc) is 2.58. The van der Waals surface area contributed by atoms with Gasteiger partial charge >= 0.3 is 0 Å². The molecule has 0 aliphatic carbocycles. The van der Waals surface area contributed by atoms with Gasteiger partial charge < -0.3 is 15.4 Å². The fourth-order valence-electron chi connectivity index (χ4n) is 2.45. The van der Waals surface area contributed by atoms with Crippen molar-refractivity contribution in [2.75, 3.05) is 50.0 Å². The van der Waals surface area contributed by atoms with E-state index in [-0.39, 0.29) is 0 Å². The van der Waals surface area contributed by atoms with Gasteiger partial charge in [-0.05, 0) is 25.1 Å². The fraction of sp³-hybridized carbons (Fsp3) is 0.412. The molecule has 1 aliphatic rings. The molecule has 0 bridgehead atoms. The third-order valence-electron chi connectivity index (χ3n) is 3.79. The van der Waals surface area contributed by atoms with Crippen LogP contribution in [-0.2, 0) is 4.74 Å². The minimum atomic E-state index is 0.648. The molecule has 0 unspecified atom stereocenters. The van der Waals surface area contributed by atoms with Crippen LogP contribution in [0.15, 0.2) is 36.5 Å². The van der Waals surface area contributed by atoms with Crippen molar-refractivity contribution >= 4 is 17.5 Å². The Balaban J connectivity index is 1.51. The Hall–Kier alpha value is -2.18. The van der Waals surface area contributed by atoms with Crippen molar-refractivity contribution in [1.29, 1.82) is 0 Å². The first-order valence-electron chi connectivity index (χ1n) is 8.00. The van der Waals surface area contributed by atoms with Crippen LogP contribution in [0, 0.1) is 6.92 Å². The van der Waals surface area contributed by atoms with E-state index in [9.17, 15) is 0 Å². The van der Waals surface area contributed by atoms with E-state index in [2.05, 4.69) is 44.6 Å². The number of morpholine rings is 1. The predicted octanol–water partition coefficient (Wildman–Crippen LogP) is 2.27. The molecule has 3 rings (SSSR count). The van der Waals surface area contributed by atoms with Crippen molar-refractivity contribution in [2.45, 2.75) is 6.92 Å². The number of anilines is 3. The number of nitrogens with one attached hydrogen (secondary N) is 2. The van der Waals surface area contributed by atoms with E-state index in [0.29, 0.717) is 5.95 Å². The molecule has 1 saturated heterocycles. The number of nitrogens with zero attached hydrogens (tertiary/aromatic N) is 3. The number of benzene rings is 1. The summed E-state index contributed by atoms with van der Waals surface area (Å²) in [6, 6.07) is 10.1. The SMILES string of the molecule is Cc1ccc(Nc2ccnc(NCCN3CCOCC3)n2)cc1. The lowest BCUT2D eigenvalue weighted by Gasteiger charge is -2.26. The zero-order valence-electron chi connectivity index (χ0n) is 13.5. The van der Waals surface area contributed by atoms with Crippen molar-refractivity contribution in [3.8, 4) is 0 Å². The second kappa shape index (κ2) is 7.89. The summed E-state index contributed by atoms with van der Waals surface area (Å²) in [5, 5.41) is 6.58. The fourth-order valence-corrected chi connectivity index (χ4v) is 2.45. The van der Waals surface area contributed by atoms with Gasteiger partial charge in [0, 0.05) is 38.1 Å². The standard InChI is InChI=1S/C17H23N5O/c1-14-2-4-15(5-3-14)20-16-6-7-18-17(21-16)19-8-9-22-10-12-23-13-11-22/h2-7H,8-13H2,1H3,(H2,18,19,20,21). The maximum atomic E-state index is 5.35. The van der Waals surface area contributed by atoms with Crippen LogP contribution < -0.4 is 10.6 Å². The summed E-state index contributed by atoms with van der Waals surface area (Å²) >= 11 is 0. The van der Waals surface area contributed by atoms with Crippen LogP contribution in [0.1, 0.15) is 5.56 Å². The minimum absolute atomic E-state index is 0.648. The Labute approximate surface area is 136 Å². The van der Waals surface area contributed by atoms with Crippen molar-refractivity contribution in [2.24, 2.45) is 0 Å². The zero-order chi connectivity index (χ0) is 15.9. The molecule has 1 aromatic heterocycles. The molecule has 0 atom stereocenters. The summed E-state index contributed by atoms with van der Waals surface area (Å²) in [6.07, 6.45) is 1.76. The van der Waals surface area contributed by atoms with Gasteiger partial charge in [-0.1, -0.05) is 17.7 Å². The molecule has 0 radical (unpaired) electrons. The molecule has 6 heteroatoms. The maximum Gasteiger partial charge on any atom is 0.224 e. The second-order valence-corrected chi connectivity index (χ2v) is 5.64. The molecule has 2 heterocycles. The second-order valence-electron chi connectivity index (χ2n) is 5.64. The van der Waals surface area contributed by atoms with E-state index in [1.807, 2.05) is 18.2 Å². The largest absolute Gasteiger partial charge is 0.379 e. The normalized spacial score (nSPS) is 15.3. The Morgan fingerprint density at radius 2 is 1.91 bits per heavy atom. The first-order chi connectivity index (χ1) is 11.3. The number of hydrogen-bond acceptors (Lipinski definition) is 6. The smallest absolute Gasteiger partial charge is 0.224 e. The molecule has 1 aromatic carbocycles. The van der Waals surface area contributed by atoms with Gasteiger partial charge in [-0.3, -0.25) is 4.90 Å². The molecule has 122 valence electrons. The van der Waals surface area contributed by atoms with E-state index in [4.69, 9.17) is 4.74 Å². The predicted molar refractivity (Wildman–Crippen MR) is 92.2 cm³/mol. The molecular formula is C17H23N5O. The van der Waals surface area contributed by atoms with Gasteiger partial charge in [0.05, 0.1) is 13.2 Å². The number of aryl methyl sites for hydroxylation is 1. The summed E-state index contributed by atoms with van der Waals surface area (Å²) in [7, 11) is 0. The first kappa shape index (κ1) is 15.7. The molecule has 1 fully saturated rings. The average molecular weight is 313 g/mol. The van der Waals surface area contributed by atoms with Gasteiger partial charge in [-0.25, -0.2) is 4.98 Å². The summed E-state index contributed by atoms with van der Waals surface area (Å²) in [4.78, 5) is 11.1. The van der Waals surface area contributed by atoms with E-state index in [1.54, 1.807) is 6.20 Å². The van der Waals surface area contributed by atoms with Crippen LogP contribution >= 0.6 is 0 Å². The number of hydrogen-bond donors (Lipinski definition) is 2. The summed E-state index contributed by atoms with van der Waals surface area (Å²) in [5.74, 6) is 1.44. The number of ether oxygens (including phenoxy) is 1. The van der Waals surface area contributed by atoms with Crippen LogP contribution in [0.25, 0.3) is 0 Å². The van der Waals surface area contributed by atoms with E-state index in [1.165, 1.54) is 5.56 Å². The topological polar surface area (TPSA) is 62.3 Å².